The molecule has 0 aromatic heterocycles. The Morgan fingerprint density at radius 2 is 2.00 bits per heavy atom. The number of ether oxygens (including phenoxy) is 2. The summed E-state index contributed by atoms with van der Waals surface area (Å²) >= 11 is 0. The molecule has 0 heterocycles. The molecule has 0 fully saturated rings. The molecule has 0 spiro atoms. The van der Waals surface area contributed by atoms with Crippen molar-refractivity contribution in [3.63, 3.8) is 0 Å². The van der Waals surface area contributed by atoms with Gasteiger partial charge in [-0.15, -0.1) is 0 Å². The second-order valence-corrected chi connectivity index (χ2v) is 4.76. The van der Waals surface area contributed by atoms with Crippen LogP contribution in [0.5, 0.6) is 5.75 Å². The van der Waals surface area contributed by atoms with E-state index in [1.165, 1.54) is 7.11 Å². The number of hydrogen-bond acceptors (Lipinski definition) is 4. The minimum atomic E-state index is -0.318. The summed E-state index contributed by atoms with van der Waals surface area (Å²) < 4.78 is 10.0. The maximum absolute atomic E-state index is 11.4. The Morgan fingerprint density at radius 3 is 2.56 bits per heavy atom. The Labute approximate surface area is 108 Å². The number of carbonyl (C=O) groups is 1. The van der Waals surface area contributed by atoms with Crippen molar-refractivity contribution in [2.75, 3.05) is 20.8 Å². The molecule has 1 aromatic carbocycles. The number of para-hydroxylation sites is 1. The zero-order chi connectivity index (χ0) is 13.6. The summed E-state index contributed by atoms with van der Waals surface area (Å²) in [6.45, 7) is 2.40. The normalized spacial score (nSPS) is 13.8. The Morgan fingerprint density at radius 1 is 1.33 bits per heavy atom. The number of benzene rings is 1. The zero-order valence-corrected chi connectivity index (χ0v) is 11.2. The van der Waals surface area contributed by atoms with Crippen molar-refractivity contribution in [2.24, 2.45) is 11.1 Å². The van der Waals surface area contributed by atoms with Gasteiger partial charge in [0.1, 0.15) is 5.75 Å². The maximum Gasteiger partial charge on any atom is 0.306 e. The standard InChI is InChI=1S/C14H21NO3/c1-14(10-15,9-13(16)18-3)8-11-6-4-5-7-12(11)17-2/h4-7H,8-10,15H2,1-3H3. The lowest BCUT2D eigenvalue weighted by atomic mass is 9.80. The molecule has 1 atom stereocenters. The summed E-state index contributed by atoms with van der Waals surface area (Å²) in [4.78, 5) is 11.4. The lowest BCUT2D eigenvalue weighted by Crippen LogP contribution is -2.32. The van der Waals surface area contributed by atoms with Crippen LogP contribution in [0.1, 0.15) is 18.9 Å². The van der Waals surface area contributed by atoms with Crippen LogP contribution in [0, 0.1) is 5.41 Å². The molecule has 0 bridgehead atoms. The van der Waals surface area contributed by atoms with Gasteiger partial charge in [0.2, 0.25) is 0 Å². The molecule has 4 heteroatoms. The number of nitrogens with two attached hydrogens (primary N) is 1. The predicted octanol–water partition coefficient (Wildman–Crippen LogP) is 1.77. The van der Waals surface area contributed by atoms with Crippen molar-refractivity contribution in [3.05, 3.63) is 29.8 Å². The van der Waals surface area contributed by atoms with Crippen LogP contribution in [0.15, 0.2) is 24.3 Å². The summed E-state index contributed by atoms with van der Waals surface area (Å²) in [5, 5.41) is 0. The van der Waals surface area contributed by atoms with Crippen molar-refractivity contribution in [1.29, 1.82) is 0 Å². The van der Waals surface area contributed by atoms with Crippen LogP contribution in [0.25, 0.3) is 0 Å². The first-order valence-electron chi connectivity index (χ1n) is 5.93. The highest BCUT2D eigenvalue weighted by Gasteiger charge is 2.28. The van der Waals surface area contributed by atoms with Gasteiger partial charge in [-0.25, -0.2) is 0 Å². The monoisotopic (exact) mass is 251 g/mol. The molecule has 18 heavy (non-hydrogen) atoms. The molecule has 100 valence electrons. The molecule has 0 aliphatic carbocycles. The second kappa shape index (κ2) is 6.40. The molecule has 0 saturated heterocycles. The molecule has 0 amide bonds. The van der Waals surface area contributed by atoms with Crippen molar-refractivity contribution >= 4 is 5.97 Å². The van der Waals surface area contributed by atoms with E-state index in [4.69, 9.17) is 15.2 Å². The SMILES string of the molecule is COC(=O)CC(C)(CN)Cc1ccccc1OC. The van der Waals surface area contributed by atoms with Gasteiger partial charge in [-0.05, 0) is 30.0 Å². The molecule has 0 aliphatic heterocycles. The van der Waals surface area contributed by atoms with E-state index < -0.39 is 0 Å². The fourth-order valence-electron chi connectivity index (χ4n) is 1.94. The molecular weight excluding hydrogens is 230 g/mol. The summed E-state index contributed by atoms with van der Waals surface area (Å²) in [6.07, 6.45) is 0.987. The average molecular weight is 251 g/mol. The zero-order valence-electron chi connectivity index (χ0n) is 11.2. The quantitative estimate of drug-likeness (QED) is 0.783. The highest BCUT2D eigenvalue weighted by atomic mass is 16.5. The van der Waals surface area contributed by atoms with Crippen LogP contribution < -0.4 is 10.5 Å². The Balaban J connectivity index is 2.87. The topological polar surface area (TPSA) is 61.5 Å². The highest BCUT2D eigenvalue weighted by molar-refractivity contribution is 5.70. The van der Waals surface area contributed by atoms with E-state index in [-0.39, 0.29) is 11.4 Å². The first-order valence-corrected chi connectivity index (χ1v) is 5.93. The van der Waals surface area contributed by atoms with Gasteiger partial charge in [0.15, 0.2) is 0 Å². The minimum Gasteiger partial charge on any atom is -0.496 e. The third-order valence-electron chi connectivity index (χ3n) is 3.10. The summed E-state index contributed by atoms with van der Waals surface area (Å²) in [5.74, 6) is 0.583. The molecule has 4 nitrogen and oxygen atoms in total. The summed E-state index contributed by atoms with van der Waals surface area (Å²) in [7, 11) is 3.03. The third-order valence-corrected chi connectivity index (χ3v) is 3.10. The second-order valence-electron chi connectivity index (χ2n) is 4.76. The molecule has 1 rings (SSSR count). The van der Waals surface area contributed by atoms with Crippen LogP contribution in [-0.4, -0.2) is 26.7 Å². The average Bonchev–Trinajstić information content (AvgIpc) is 2.39. The van der Waals surface area contributed by atoms with Gasteiger partial charge in [0, 0.05) is 0 Å². The van der Waals surface area contributed by atoms with Crippen LogP contribution in [0.4, 0.5) is 0 Å². The lowest BCUT2D eigenvalue weighted by molar-refractivity contribution is -0.143. The highest BCUT2D eigenvalue weighted by Crippen LogP contribution is 2.30. The molecular formula is C14H21NO3. The third kappa shape index (κ3) is 3.74. The summed E-state index contributed by atoms with van der Waals surface area (Å²) in [6, 6.07) is 7.77. The fourth-order valence-corrected chi connectivity index (χ4v) is 1.94. The van der Waals surface area contributed by atoms with E-state index in [1.54, 1.807) is 7.11 Å². The Bertz CT molecular complexity index is 406. The van der Waals surface area contributed by atoms with Gasteiger partial charge < -0.3 is 15.2 Å². The van der Waals surface area contributed by atoms with Gasteiger partial charge >= 0.3 is 5.97 Å². The predicted molar refractivity (Wildman–Crippen MR) is 70.5 cm³/mol. The van der Waals surface area contributed by atoms with E-state index in [9.17, 15) is 4.79 Å². The van der Waals surface area contributed by atoms with Gasteiger partial charge in [-0.1, -0.05) is 25.1 Å². The van der Waals surface area contributed by atoms with E-state index in [2.05, 4.69) is 0 Å². The fraction of sp³-hybridized carbons (Fsp3) is 0.500. The van der Waals surface area contributed by atoms with Crippen LogP contribution in [0.2, 0.25) is 0 Å². The molecule has 0 aliphatic rings. The van der Waals surface area contributed by atoms with Gasteiger partial charge in [0.05, 0.1) is 20.6 Å². The number of esters is 1. The molecule has 0 saturated carbocycles. The Kier molecular flexibility index (Phi) is 5.16. The van der Waals surface area contributed by atoms with Gasteiger partial charge in [0.25, 0.3) is 0 Å². The first kappa shape index (κ1) is 14.5. The van der Waals surface area contributed by atoms with Crippen LogP contribution >= 0.6 is 0 Å². The van der Waals surface area contributed by atoms with Crippen molar-refractivity contribution in [3.8, 4) is 5.75 Å². The summed E-state index contributed by atoms with van der Waals surface area (Å²) in [5.41, 5.74) is 6.54. The minimum absolute atomic E-state index is 0.238. The van der Waals surface area contributed by atoms with E-state index in [0.717, 1.165) is 11.3 Å². The number of methoxy groups -OCH3 is 2. The largest absolute Gasteiger partial charge is 0.496 e. The molecule has 2 N–H and O–H groups in total. The molecule has 1 aromatic rings. The first-order chi connectivity index (χ1) is 8.54. The Hall–Kier alpha value is -1.55. The van der Waals surface area contributed by atoms with E-state index >= 15 is 0 Å². The lowest BCUT2D eigenvalue weighted by Gasteiger charge is -2.27. The van der Waals surface area contributed by atoms with Gasteiger partial charge in [-0.2, -0.15) is 0 Å². The van der Waals surface area contributed by atoms with E-state index in [1.807, 2.05) is 31.2 Å². The van der Waals surface area contributed by atoms with Crippen LogP contribution in [0.3, 0.4) is 0 Å². The van der Waals surface area contributed by atoms with Gasteiger partial charge in [-0.3, -0.25) is 4.79 Å². The van der Waals surface area contributed by atoms with Crippen molar-refractivity contribution in [1.82, 2.24) is 0 Å². The number of carbonyl (C=O) groups excluding carboxylic acids is 1. The molecule has 1 unspecified atom stereocenters. The van der Waals surface area contributed by atoms with Crippen molar-refractivity contribution in [2.45, 2.75) is 19.8 Å². The molecule has 0 radical (unpaired) electrons. The maximum atomic E-state index is 11.4. The van der Waals surface area contributed by atoms with Crippen LogP contribution in [-0.2, 0) is 16.0 Å². The number of rotatable bonds is 6. The smallest absolute Gasteiger partial charge is 0.306 e. The van der Waals surface area contributed by atoms with E-state index in [0.29, 0.717) is 19.4 Å². The van der Waals surface area contributed by atoms with Crippen molar-refractivity contribution < 1.29 is 14.3 Å². The number of hydrogen-bond donors (Lipinski definition) is 1.